The normalized spacial score (nSPS) is 12.2. The van der Waals surface area contributed by atoms with Crippen molar-refractivity contribution < 1.29 is 49.0 Å². The van der Waals surface area contributed by atoms with Crippen LogP contribution in [0, 0.1) is 0 Å². The molecule has 36 heavy (non-hydrogen) atoms. The van der Waals surface area contributed by atoms with Crippen LogP contribution < -0.4 is 18.9 Å². The van der Waals surface area contributed by atoms with Crippen molar-refractivity contribution >= 4 is 27.3 Å². The molecular formula is C22H16ClF6NO5S. The molecule has 0 spiro atoms. The van der Waals surface area contributed by atoms with Crippen molar-refractivity contribution in [2.45, 2.75) is 17.2 Å². The molecule has 3 rings (SSSR count). The van der Waals surface area contributed by atoms with E-state index < -0.39 is 52.0 Å². The minimum absolute atomic E-state index is 0.0122. The Morgan fingerprint density at radius 1 is 0.722 bits per heavy atom. The number of rotatable bonds is 9. The zero-order valence-electron chi connectivity index (χ0n) is 17.9. The summed E-state index contributed by atoms with van der Waals surface area (Å²) in [6.45, 7) is -3.56. The molecule has 0 saturated heterocycles. The van der Waals surface area contributed by atoms with Gasteiger partial charge < -0.3 is 14.2 Å². The molecule has 14 heteroatoms. The van der Waals surface area contributed by atoms with Gasteiger partial charge in [-0.15, -0.1) is 0 Å². The summed E-state index contributed by atoms with van der Waals surface area (Å²) in [5.74, 6) is -0.493. The molecule has 0 aliphatic heterocycles. The average Bonchev–Trinajstić information content (AvgIpc) is 2.78. The number of sulfonamides is 1. The Morgan fingerprint density at radius 2 is 1.22 bits per heavy atom. The van der Waals surface area contributed by atoms with Gasteiger partial charge in [-0.2, -0.15) is 26.3 Å². The van der Waals surface area contributed by atoms with E-state index in [1.165, 1.54) is 24.3 Å². The summed E-state index contributed by atoms with van der Waals surface area (Å²) in [4.78, 5) is -0.854. The number of halogens is 7. The zero-order chi connectivity index (χ0) is 26.6. The van der Waals surface area contributed by atoms with Crippen molar-refractivity contribution in [2.75, 3.05) is 17.9 Å². The van der Waals surface area contributed by atoms with E-state index in [1.807, 2.05) is 0 Å². The Labute approximate surface area is 206 Å². The van der Waals surface area contributed by atoms with E-state index in [9.17, 15) is 34.8 Å². The molecule has 0 aliphatic rings. The predicted molar refractivity (Wildman–Crippen MR) is 118 cm³/mol. The summed E-state index contributed by atoms with van der Waals surface area (Å²) in [6, 6.07) is 14.1. The van der Waals surface area contributed by atoms with Gasteiger partial charge in [0.1, 0.15) is 27.9 Å². The molecule has 3 aromatic carbocycles. The first kappa shape index (κ1) is 27.3. The fraction of sp³-hybridized carbons (Fsp3) is 0.182. The van der Waals surface area contributed by atoms with E-state index in [0.717, 1.165) is 12.1 Å². The van der Waals surface area contributed by atoms with Crippen molar-refractivity contribution in [3.05, 3.63) is 71.8 Å². The second-order valence-electron chi connectivity index (χ2n) is 7.10. The lowest BCUT2D eigenvalue weighted by Crippen LogP contribution is -2.22. The highest BCUT2D eigenvalue weighted by Crippen LogP contribution is 2.33. The minimum atomic E-state index is -4.79. The Hall–Kier alpha value is -3.32. The minimum Gasteiger partial charge on any atom is -0.484 e. The molecule has 194 valence electrons. The topological polar surface area (TPSA) is 73.9 Å². The third-order valence-corrected chi connectivity index (χ3v) is 5.81. The maximum Gasteiger partial charge on any atom is 0.422 e. The van der Waals surface area contributed by atoms with Crippen LogP contribution in [0.25, 0.3) is 0 Å². The van der Waals surface area contributed by atoms with Crippen LogP contribution in [0.1, 0.15) is 0 Å². The Kier molecular flexibility index (Phi) is 8.14. The Morgan fingerprint density at radius 3 is 1.78 bits per heavy atom. The van der Waals surface area contributed by atoms with Crippen LogP contribution in [-0.2, 0) is 10.0 Å². The highest BCUT2D eigenvalue weighted by atomic mass is 35.5. The molecule has 1 N–H and O–H groups in total. The Bertz CT molecular complexity index is 1280. The lowest BCUT2D eigenvalue weighted by molar-refractivity contribution is -0.154. The molecule has 0 saturated carbocycles. The summed E-state index contributed by atoms with van der Waals surface area (Å²) in [5, 5.41) is 0.499. The van der Waals surface area contributed by atoms with Crippen LogP contribution in [0.5, 0.6) is 23.0 Å². The van der Waals surface area contributed by atoms with Gasteiger partial charge in [-0.1, -0.05) is 11.6 Å². The molecular weight excluding hydrogens is 540 g/mol. The molecule has 0 amide bonds. The number of benzene rings is 3. The van der Waals surface area contributed by atoms with Gasteiger partial charge in [-0.05, 0) is 60.7 Å². The number of alkyl halides is 6. The summed E-state index contributed by atoms with van der Waals surface area (Å²) in [5.41, 5.74) is -0.0122. The van der Waals surface area contributed by atoms with Crippen molar-refractivity contribution in [1.29, 1.82) is 0 Å². The molecule has 0 fully saturated rings. The van der Waals surface area contributed by atoms with Crippen LogP contribution >= 0.6 is 11.6 Å². The third kappa shape index (κ3) is 8.41. The molecule has 0 bridgehead atoms. The highest BCUT2D eigenvalue weighted by molar-refractivity contribution is 7.92. The molecule has 3 aromatic rings. The van der Waals surface area contributed by atoms with Gasteiger partial charge in [0.05, 0.1) is 0 Å². The molecule has 0 unspecified atom stereocenters. The van der Waals surface area contributed by atoms with E-state index in [1.54, 1.807) is 24.3 Å². The first-order chi connectivity index (χ1) is 16.7. The van der Waals surface area contributed by atoms with Gasteiger partial charge in [-0.25, -0.2) is 8.42 Å². The standard InChI is InChI=1S/C22H16ClF6NO5S/c23-14-1-5-16(6-2-14)35-17-7-3-15(4-8-17)30-36(31,32)20-11-18(33-12-21(24,25)26)9-10-19(20)34-13-22(27,28)29/h1-11,30H,12-13H2. The zero-order valence-corrected chi connectivity index (χ0v) is 19.4. The fourth-order valence-corrected chi connectivity index (χ4v) is 4.02. The van der Waals surface area contributed by atoms with Crippen molar-refractivity contribution in [2.24, 2.45) is 0 Å². The lowest BCUT2D eigenvalue weighted by atomic mass is 10.3. The molecule has 0 radical (unpaired) electrons. The Balaban J connectivity index is 1.82. The van der Waals surface area contributed by atoms with Gasteiger partial charge in [0, 0.05) is 16.8 Å². The first-order valence-electron chi connectivity index (χ1n) is 9.80. The van der Waals surface area contributed by atoms with E-state index in [-0.39, 0.29) is 5.69 Å². The molecule has 0 heterocycles. The molecule has 6 nitrogen and oxygen atoms in total. The summed E-state index contributed by atoms with van der Waals surface area (Å²) in [7, 11) is -4.62. The second-order valence-corrected chi connectivity index (χ2v) is 9.19. The largest absolute Gasteiger partial charge is 0.484 e. The van der Waals surface area contributed by atoms with Crippen molar-refractivity contribution in [3.8, 4) is 23.0 Å². The molecule has 0 aromatic heterocycles. The fourth-order valence-electron chi connectivity index (χ4n) is 2.67. The quantitative estimate of drug-likeness (QED) is 0.293. The van der Waals surface area contributed by atoms with Crippen LogP contribution in [-0.4, -0.2) is 34.0 Å². The van der Waals surface area contributed by atoms with Gasteiger partial charge in [0.25, 0.3) is 10.0 Å². The highest BCUT2D eigenvalue weighted by Gasteiger charge is 2.31. The van der Waals surface area contributed by atoms with Gasteiger partial charge in [-0.3, -0.25) is 4.72 Å². The maximum atomic E-state index is 12.9. The van der Waals surface area contributed by atoms with Crippen LogP contribution in [0.2, 0.25) is 5.02 Å². The number of hydrogen-bond acceptors (Lipinski definition) is 5. The van der Waals surface area contributed by atoms with Gasteiger partial charge >= 0.3 is 12.4 Å². The van der Waals surface area contributed by atoms with Crippen molar-refractivity contribution in [1.82, 2.24) is 0 Å². The monoisotopic (exact) mass is 555 g/mol. The van der Waals surface area contributed by atoms with Crippen molar-refractivity contribution in [3.63, 3.8) is 0 Å². The van der Waals surface area contributed by atoms with Gasteiger partial charge in [0.2, 0.25) is 0 Å². The first-order valence-corrected chi connectivity index (χ1v) is 11.7. The second kappa shape index (κ2) is 10.7. The predicted octanol–water partition coefficient (Wildman–Crippen LogP) is 6.82. The lowest BCUT2D eigenvalue weighted by Gasteiger charge is -2.16. The number of ether oxygens (including phenoxy) is 3. The summed E-state index contributed by atoms with van der Waals surface area (Å²) >= 11 is 5.80. The SMILES string of the molecule is O=S(=O)(Nc1ccc(Oc2ccc(Cl)cc2)cc1)c1cc(OCC(F)(F)F)ccc1OCC(F)(F)F. The average molecular weight is 556 g/mol. The maximum absolute atomic E-state index is 12.9. The van der Waals surface area contributed by atoms with Gasteiger partial charge in [0.15, 0.2) is 13.2 Å². The van der Waals surface area contributed by atoms with E-state index in [4.69, 9.17) is 16.3 Å². The van der Waals surface area contributed by atoms with E-state index in [2.05, 4.69) is 14.2 Å². The summed E-state index contributed by atoms with van der Waals surface area (Å²) in [6.07, 6.45) is -9.52. The summed E-state index contributed by atoms with van der Waals surface area (Å²) < 4.78 is 118. The smallest absolute Gasteiger partial charge is 0.422 e. The van der Waals surface area contributed by atoms with E-state index in [0.29, 0.717) is 22.6 Å². The number of anilines is 1. The molecule has 0 aliphatic carbocycles. The van der Waals surface area contributed by atoms with Crippen LogP contribution in [0.15, 0.2) is 71.6 Å². The third-order valence-electron chi connectivity index (χ3n) is 4.15. The van der Waals surface area contributed by atoms with Crippen LogP contribution in [0.3, 0.4) is 0 Å². The molecule has 0 atom stereocenters. The van der Waals surface area contributed by atoms with E-state index >= 15 is 0 Å². The number of hydrogen-bond donors (Lipinski definition) is 1. The number of nitrogens with one attached hydrogen (secondary N) is 1. The van der Waals surface area contributed by atoms with Crippen LogP contribution in [0.4, 0.5) is 32.0 Å².